The van der Waals surface area contributed by atoms with Crippen LogP contribution in [0.2, 0.25) is 5.02 Å². The lowest BCUT2D eigenvalue weighted by molar-refractivity contribution is -0.128. The molecule has 1 heterocycles. The van der Waals surface area contributed by atoms with Gasteiger partial charge in [-0.3, -0.25) is 9.59 Å². The van der Waals surface area contributed by atoms with Crippen LogP contribution in [-0.2, 0) is 16.0 Å². The van der Waals surface area contributed by atoms with Gasteiger partial charge in [0.15, 0.2) is 0 Å². The average Bonchev–Trinajstić information content (AvgIpc) is 2.63. The molecule has 1 atom stereocenters. The maximum absolute atomic E-state index is 11.9. The van der Waals surface area contributed by atoms with Crippen LogP contribution in [0.5, 0.6) is 0 Å². The fraction of sp³-hybridized carbons (Fsp3) is 0.467. The summed E-state index contributed by atoms with van der Waals surface area (Å²) in [7, 11) is 0. The molecular weight excluding hydrogens is 276 g/mol. The third-order valence-corrected chi connectivity index (χ3v) is 3.82. The Labute approximate surface area is 123 Å². The van der Waals surface area contributed by atoms with Crippen LogP contribution in [-0.4, -0.2) is 24.4 Å². The van der Waals surface area contributed by atoms with Crippen LogP contribution in [0.25, 0.3) is 0 Å². The molecule has 1 aromatic carbocycles. The van der Waals surface area contributed by atoms with Crippen LogP contribution in [0.4, 0.5) is 0 Å². The van der Waals surface area contributed by atoms with Gasteiger partial charge in [0.2, 0.25) is 11.8 Å². The molecule has 0 unspecified atom stereocenters. The molecule has 1 aromatic rings. The highest BCUT2D eigenvalue weighted by atomic mass is 35.5. The maximum Gasteiger partial charge on any atom is 0.242 e. The van der Waals surface area contributed by atoms with Crippen molar-refractivity contribution in [3.05, 3.63) is 34.9 Å². The molecular formula is C15H19ClN2O2. The lowest BCUT2D eigenvalue weighted by Gasteiger charge is -2.15. The van der Waals surface area contributed by atoms with E-state index >= 15 is 0 Å². The van der Waals surface area contributed by atoms with E-state index in [0.717, 1.165) is 18.4 Å². The molecule has 0 aliphatic carbocycles. The molecule has 2 amide bonds. The highest BCUT2D eigenvalue weighted by Crippen LogP contribution is 2.16. The van der Waals surface area contributed by atoms with E-state index in [4.69, 9.17) is 11.6 Å². The summed E-state index contributed by atoms with van der Waals surface area (Å²) in [5.74, 6) is -0.180. The Morgan fingerprint density at radius 1 is 1.35 bits per heavy atom. The lowest BCUT2D eigenvalue weighted by atomic mass is 10.1. The van der Waals surface area contributed by atoms with Gasteiger partial charge in [0.25, 0.3) is 0 Å². The molecule has 1 aliphatic heterocycles. The molecule has 0 spiro atoms. The largest absolute Gasteiger partial charge is 0.354 e. The Kier molecular flexibility index (Phi) is 5.41. The molecule has 4 nitrogen and oxygen atoms in total. The van der Waals surface area contributed by atoms with Gasteiger partial charge in [0, 0.05) is 18.0 Å². The van der Waals surface area contributed by atoms with Gasteiger partial charge in [-0.05, 0) is 37.3 Å². The highest BCUT2D eigenvalue weighted by molar-refractivity contribution is 6.31. The zero-order valence-electron chi connectivity index (χ0n) is 11.3. The van der Waals surface area contributed by atoms with Crippen LogP contribution in [0.3, 0.4) is 0 Å². The zero-order chi connectivity index (χ0) is 14.4. The highest BCUT2D eigenvalue weighted by Gasteiger charge is 2.22. The van der Waals surface area contributed by atoms with Crippen molar-refractivity contribution in [3.8, 4) is 0 Å². The van der Waals surface area contributed by atoms with Crippen LogP contribution in [0.15, 0.2) is 24.3 Å². The molecule has 0 saturated carbocycles. The van der Waals surface area contributed by atoms with E-state index in [1.807, 2.05) is 24.3 Å². The molecule has 0 radical (unpaired) electrons. The van der Waals surface area contributed by atoms with Crippen LogP contribution >= 0.6 is 11.6 Å². The van der Waals surface area contributed by atoms with Crippen molar-refractivity contribution in [2.24, 2.45) is 0 Å². The van der Waals surface area contributed by atoms with Gasteiger partial charge in [0.05, 0.1) is 0 Å². The van der Waals surface area contributed by atoms with E-state index < -0.39 is 6.04 Å². The Bertz CT molecular complexity index is 491. The predicted octanol–water partition coefficient (Wildman–Crippen LogP) is 2.06. The summed E-state index contributed by atoms with van der Waals surface area (Å²) in [6.07, 6.45) is 3.56. The normalized spacial score (nSPS) is 19.1. The molecule has 20 heavy (non-hydrogen) atoms. The van der Waals surface area contributed by atoms with Crippen molar-refractivity contribution in [2.75, 3.05) is 6.54 Å². The van der Waals surface area contributed by atoms with Crippen molar-refractivity contribution in [1.82, 2.24) is 10.6 Å². The second-order valence-corrected chi connectivity index (χ2v) is 5.41. The van der Waals surface area contributed by atoms with Crippen LogP contribution < -0.4 is 10.6 Å². The fourth-order valence-electron chi connectivity index (χ4n) is 2.29. The third-order valence-electron chi connectivity index (χ3n) is 3.45. The van der Waals surface area contributed by atoms with Gasteiger partial charge in [-0.25, -0.2) is 0 Å². The van der Waals surface area contributed by atoms with Gasteiger partial charge >= 0.3 is 0 Å². The Morgan fingerprint density at radius 2 is 2.15 bits per heavy atom. The summed E-state index contributed by atoms with van der Waals surface area (Å²) in [6.45, 7) is 0.699. The van der Waals surface area contributed by atoms with E-state index in [0.29, 0.717) is 30.8 Å². The lowest BCUT2D eigenvalue weighted by Crippen LogP contribution is -2.45. The number of rotatable bonds is 4. The number of carbonyl (C=O) groups is 2. The molecule has 1 fully saturated rings. The predicted molar refractivity (Wildman–Crippen MR) is 78.6 cm³/mol. The Balaban J connectivity index is 1.83. The van der Waals surface area contributed by atoms with Gasteiger partial charge in [-0.2, -0.15) is 0 Å². The molecule has 0 bridgehead atoms. The summed E-state index contributed by atoms with van der Waals surface area (Å²) < 4.78 is 0. The van der Waals surface area contributed by atoms with E-state index in [-0.39, 0.29) is 11.8 Å². The van der Waals surface area contributed by atoms with E-state index in [1.54, 1.807) is 0 Å². The van der Waals surface area contributed by atoms with Crippen molar-refractivity contribution >= 4 is 23.4 Å². The summed E-state index contributed by atoms with van der Waals surface area (Å²) in [4.78, 5) is 23.7. The number of amides is 2. The smallest absolute Gasteiger partial charge is 0.242 e. The number of nitrogens with one attached hydrogen (secondary N) is 2. The van der Waals surface area contributed by atoms with Gasteiger partial charge in [-0.1, -0.05) is 29.8 Å². The van der Waals surface area contributed by atoms with Gasteiger partial charge in [-0.15, -0.1) is 0 Å². The van der Waals surface area contributed by atoms with Crippen LogP contribution in [0.1, 0.15) is 31.2 Å². The summed E-state index contributed by atoms with van der Waals surface area (Å²) >= 11 is 6.05. The molecule has 108 valence electrons. The molecule has 0 aromatic heterocycles. The van der Waals surface area contributed by atoms with Crippen molar-refractivity contribution in [2.45, 2.75) is 38.1 Å². The minimum atomic E-state index is -0.392. The second-order valence-electron chi connectivity index (χ2n) is 5.00. The first-order chi connectivity index (χ1) is 9.66. The number of hydrogen-bond donors (Lipinski definition) is 2. The van der Waals surface area contributed by atoms with E-state index in [2.05, 4.69) is 10.6 Å². The zero-order valence-corrected chi connectivity index (χ0v) is 12.1. The number of carbonyl (C=O) groups excluding carboxylic acids is 2. The quantitative estimate of drug-likeness (QED) is 0.893. The minimum absolute atomic E-state index is 0.0754. The summed E-state index contributed by atoms with van der Waals surface area (Å²) in [6, 6.07) is 7.09. The van der Waals surface area contributed by atoms with Crippen LogP contribution in [0, 0.1) is 0 Å². The van der Waals surface area contributed by atoms with E-state index in [1.165, 1.54) is 0 Å². The average molecular weight is 295 g/mol. The first-order valence-electron chi connectivity index (χ1n) is 6.97. The van der Waals surface area contributed by atoms with Crippen molar-refractivity contribution < 1.29 is 9.59 Å². The maximum atomic E-state index is 11.9. The first-order valence-corrected chi connectivity index (χ1v) is 7.35. The monoisotopic (exact) mass is 294 g/mol. The van der Waals surface area contributed by atoms with Gasteiger partial charge in [0.1, 0.15) is 6.04 Å². The number of benzene rings is 1. The third kappa shape index (κ3) is 4.23. The minimum Gasteiger partial charge on any atom is -0.354 e. The summed E-state index contributed by atoms with van der Waals surface area (Å²) in [5, 5.41) is 6.29. The second kappa shape index (κ2) is 7.29. The Hall–Kier alpha value is -1.55. The SMILES string of the molecule is O=C(CCc1ccccc1Cl)N[C@@H]1CCCCNC1=O. The number of halogens is 1. The molecule has 5 heteroatoms. The molecule has 2 N–H and O–H groups in total. The van der Waals surface area contributed by atoms with E-state index in [9.17, 15) is 9.59 Å². The number of aryl methyl sites for hydroxylation is 1. The first kappa shape index (κ1) is 14.9. The Morgan fingerprint density at radius 3 is 2.95 bits per heavy atom. The van der Waals surface area contributed by atoms with Crippen molar-refractivity contribution in [3.63, 3.8) is 0 Å². The fourth-order valence-corrected chi connectivity index (χ4v) is 2.52. The molecule has 2 rings (SSSR count). The topological polar surface area (TPSA) is 58.2 Å². The number of hydrogen-bond acceptors (Lipinski definition) is 2. The van der Waals surface area contributed by atoms with Crippen molar-refractivity contribution in [1.29, 1.82) is 0 Å². The van der Waals surface area contributed by atoms with Gasteiger partial charge < -0.3 is 10.6 Å². The molecule has 1 aliphatic rings. The summed E-state index contributed by atoms with van der Waals surface area (Å²) in [5.41, 5.74) is 0.953. The molecule has 1 saturated heterocycles. The standard InChI is InChI=1S/C15H19ClN2O2/c16-12-6-2-1-5-11(12)8-9-14(19)18-13-7-3-4-10-17-15(13)20/h1-2,5-6,13H,3-4,7-10H2,(H,17,20)(H,18,19)/t13-/m1/s1.